The predicted molar refractivity (Wildman–Crippen MR) is 75.4 cm³/mol. The predicted octanol–water partition coefficient (Wildman–Crippen LogP) is 2.47. The average molecular weight is 260 g/mol. The molecule has 1 heterocycles. The highest BCUT2D eigenvalue weighted by atomic mass is 16.2. The number of Topliss-reactive ketones (excluding diaryl/α,β-unsaturated/α-hetero) is 1. The van der Waals surface area contributed by atoms with Gasteiger partial charge in [-0.15, -0.1) is 0 Å². The topological polar surface area (TPSA) is 40.6 Å². The number of benzene rings is 1. The molecule has 0 spiro atoms. The van der Waals surface area contributed by atoms with E-state index in [0.717, 1.165) is 17.8 Å². The molecule has 102 valence electrons. The Morgan fingerprint density at radius 1 is 1.32 bits per heavy atom. The number of hydrogen-bond donors (Lipinski definition) is 0. The molecule has 1 aliphatic heterocycles. The van der Waals surface area contributed by atoms with E-state index in [1.54, 1.807) is 11.8 Å². The van der Waals surface area contributed by atoms with Crippen LogP contribution >= 0.6 is 0 Å². The molecular weight excluding hydrogens is 240 g/mol. The lowest BCUT2D eigenvalue weighted by atomic mass is 10.1. The van der Waals surface area contributed by atoms with E-state index in [-0.39, 0.29) is 17.9 Å². The third-order valence-electron chi connectivity index (χ3n) is 3.34. The lowest BCUT2D eigenvalue weighted by molar-refractivity contribution is -0.116. The average Bonchev–Trinajstić information content (AvgIpc) is 2.70. The minimum Gasteiger partial charge on any atom is -0.320 e. The minimum atomic E-state index is 0.0509. The van der Waals surface area contributed by atoms with Gasteiger partial charge in [-0.1, -0.05) is 12.1 Å². The van der Waals surface area contributed by atoms with Crippen LogP contribution in [0, 0.1) is 0 Å². The van der Waals surface area contributed by atoms with Gasteiger partial charge in [-0.2, -0.15) is 0 Å². The maximum Gasteiger partial charge on any atom is 0.324 e. The fourth-order valence-corrected chi connectivity index (χ4v) is 2.39. The van der Waals surface area contributed by atoms with Crippen molar-refractivity contribution in [1.29, 1.82) is 0 Å². The summed E-state index contributed by atoms with van der Waals surface area (Å²) in [6.07, 6.45) is 0.420. The van der Waals surface area contributed by atoms with Crippen LogP contribution in [0.4, 0.5) is 10.5 Å². The van der Waals surface area contributed by atoms with Gasteiger partial charge in [0.15, 0.2) is 0 Å². The summed E-state index contributed by atoms with van der Waals surface area (Å²) in [4.78, 5) is 27.1. The van der Waals surface area contributed by atoms with Crippen LogP contribution in [0.2, 0.25) is 0 Å². The molecule has 1 fully saturated rings. The van der Waals surface area contributed by atoms with Gasteiger partial charge in [0.1, 0.15) is 5.78 Å². The van der Waals surface area contributed by atoms with Crippen molar-refractivity contribution in [3.63, 3.8) is 0 Å². The van der Waals surface area contributed by atoms with Gasteiger partial charge in [-0.05, 0) is 38.5 Å². The molecule has 0 bridgehead atoms. The summed E-state index contributed by atoms with van der Waals surface area (Å²) in [5.41, 5.74) is 1.84. The van der Waals surface area contributed by atoms with Crippen LogP contribution in [0.5, 0.6) is 0 Å². The fourth-order valence-electron chi connectivity index (χ4n) is 2.39. The summed E-state index contributed by atoms with van der Waals surface area (Å²) >= 11 is 0. The quantitative estimate of drug-likeness (QED) is 0.834. The molecule has 1 saturated heterocycles. The molecule has 0 aliphatic carbocycles. The van der Waals surface area contributed by atoms with Gasteiger partial charge in [0.2, 0.25) is 0 Å². The smallest absolute Gasteiger partial charge is 0.320 e. The zero-order valence-corrected chi connectivity index (χ0v) is 11.7. The molecule has 0 saturated carbocycles. The van der Waals surface area contributed by atoms with Crippen LogP contribution in [0.15, 0.2) is 24.3 Å². The normalized spacial score (nSPS) is 15.5. The number of carbonyl (C=O) groups is 2. The van der Waals surface area contributed by atoms with Crippen molar-refractivity contribution in [3.05, 3.63) is 29.8 Å². The summed E-state index contributed by atoms with van der Waals surface area (Å²) in [5.74, 6) is 0.133. The highest BCUT2D eigenvalue weighted by Gasteiger charge is 2.30. The Morgan fingerprint density at radius 2 is 2.05 bits per heavy atom. The van der Waals surface area contributed by atoms with Crippen LogP contribution < -0.4 is 4.90 Å². The number of amides is 2. The van der Waals surface area contributed by atoms with Crippen molar-refractivity contribution in [1.82, 2.24) is 4.90 Å². The molecule has 4 nitrogen and oxygen atoms in total. The van der Waals surface area contributed by atoms with Crippen molar-refractivity contribution in [2.75, 3.05) is 18.0 Å². The molecule has 1 aromatic rings. The first-order valence-electron chi connectivity index (χ1n) is 6.65. The SMILES string of the molecule is CC(=O)Cc1cccc(N2CCN(C(C)C)C2=O)c1. The Labute approximate surface area is 114 Å². The maximum absolute atomic E-state index is 12.3. The third kappa shape index (κ3) is 2.95. The molecular formula is C15H20N2O2. The first-order valence-corrected chi connectivity index (χ1v) is 6.65. The Hall–Kier alpha value is -1.84. The van der Waals surface area contributed by atoms with E-state index in [1.165, 1.54) is 0 Å². The number of anilines is 1. The van der Waals surface area contributed by atoms with Crippen LogP contribution in [0.3, 0.4) is 0 Å². The lowest BCUT2D eigenvalue weighted by Gasteiger charge is -2.22. The lowest BCUT2D eigenvalue weighted by Crippen LogP contribution is -2.36. The van der Waals surface area contributed by atoms with Crippen LogP contribution in [-0.4, -0.2) is 35.8 Å². The van der Waals surface area contributed by atoms with Gasteiger partial charge in [0, 0.05) is 31.2 Å². The maximum atomic E-state index is 12.3. The van der Waals surface area contributed by atoms with Crippen molar-refractivity contribution in [2.45, 2.75) is 33.2 Å². The molecule has 0 unspecified atom stereocenters. The minimum absolute atomic E-state index is 0.0509. The van der Waals surface area contributed by atoms with Gasteiger partial charge >= 0.3 is 6.03 Å². The van der Waals surface area contributed by atoms with E-state index >= 15 is 0 Å². The van der Waals surface area contributed by atoms with Gasteiger partial charge in [0.05, 0.1) is 0 Å². The van der Waals surface area contributed by atoms with Crippen LogP contribution in [-0.2, 0) is 11.2 Å². The molecule has 1 aliphatic rings. The van der Waals surface area contributed by atoms with E-state index in [9.17, 15) is 9.59 Å². The van der Waals surface area contributed by atoms with Gasteiger partial charge in [-0.25, -0.2) is 4.79 Å². The molecule has 1 aromatic carbocycles. The Kier molecular flexibility index (Phi) is 3.88. The number of hydrogen-bond acceptors (Lipinski definition) is 2. The summed E-state index contributed by atoms with van der Waals surface area (Å²) in [7, 11) is 0. The van der Waals surface area contributed by atoms with E-state index in [4.69, 9.17) is 0 Å². The second kappa shape index (κ2) is 5.43. The zero-order valence-electron chi connectivity index (χ0n) is 11.7. The largest absolute Gasteiger partial charge is 0.324 e. The number of nitrogens with zero attached hydrogens (tertiary/aromatic N) is 2. The molecule has 2 rings (SSSR count). The number of urea groups is 1. The molecule has 2 amide bonds. The van der Waals surface area contributed by atoms with Gasteiger partial charge in [0.25, 0.3) is 0 Å². The van der Waals surface area contributed by atoms with Crippen molar-refractivity contribution in [2.24, 2.45) is 0 Å². The standard InChI is InChI=1S/C15H20N2O2/c1-11(2)16-7-8-17(15(16)19)14-6-4-5-13(10-14)9-12(3)18/h4-6,10-11H,7-9H2,1-3H3. The first kappa shape index (κ1) is 13.6. The Morgan fingerprint density at radius 3 is 2.63 bits per heavy atom. The third-order valence-corrected chi connectivity index (χ3v) is 3.34. The summed E-state index contributed by atoms with van der Waals surface area (Å²) < 4.78 is 0. The molecule has 4 heteroatoms. The molecule has 0 N–H and O–H groups in total. The number of ketones is 1. The zero-order chi connectivity index (χ0) is 14.0. The van der Waals surface area contributed by atoms with Crippen LogP contribution in [0.1, 0.15) is 26.3 Å². The van der Waals surface area contributed by atoms with E-state index in [1.807, 2.05) is 43.0 Å². The van der Waals surface area contributed by atoms with Gasteiger partial charge < -0.3 is 4.90 Å². The van der Waals surface area contributed by atoms with E-state index in [0.29, 0.717) is 13.0 Å². The molecule has 19 heavy (non-hydrogen) atoms. The van der Waals surface area contributed by atoms with E-state index < -0.39 is 0 Å². The Bertz CT molecular complexity index is 497. The number of carbonyl (C=O) groups excluding carboxylic acids is 2. The summed E-state index contributed by atoms with van der Waals surface area (Å²) in [6, 6.07) is 7.95. The second-order valence-electron chi connectivity index (χ2n) is 5.27. The summed E-state index contributed by atoms with van der Waals surface area (Å²) in [6.45, 7) is 7.09. The molecule has 0 atom stereocenters. The molecule has 0 radical (unpaired) electrons. The second-order valence-corrected chi connectivity index (χ2v) is 5.27. The highest BCUT2D eigenvalue weighted by molar-refractivity contribution is 5.94. The van der Waals surface area contributed by atoms with E-state index in [2.05, 4.69) is 0 Å². The fraction of sp³-hybridized carbons (Fsp3) is 0.467. The van der Waals surface area contributed by atoms with Crippen molar-refractivity contribution < 1.29 is 9.59 Å². The summed E-state index contributed by atoms with van der Waals surface area (Å²) in [5, 5.41) is 0. The van der Waals surface area contributed by atoms with Crippen molar-refractivity contribution >= 4 is 17.5 Å². The Balaban J connectivity index is 2.19. The molecule has 0 aromatic heterocycles. The van der Waals surface area contributed by atoms with Crippen molar-refractivity contribution in [3.8, 4) is 0 Å². The van der Waals surface area contributed by atoms with Gasteiger partial charge in [-0.3, -0.25) is 9.69 Å². The monoisotopic (exact) mass is 260 g/mol. The number of rotatable bonds is 4. The van der Waals surface area contributed by atoms with Crippen LogP contribution in [0.25, 0.3) is 0 Å². The highest BCUT2D eigenvalue weighted by Crippen LogP contribution is 2.22. The first-order chi connectivity index (χ1) is 8.99.